The third-order valence-corrected chi connectivity index (χ3v) is 4.89. The Bertz CT molecular complexity index is 1310. The predicted molar refractivity (Wildman–Crippen MR) is 113 cm³/mol. The normalized spacial score (nSPS) is 12.1. The van der Waals surface area contributed by atoms with Gasteiger partial charge in [0.1, 0.15) is 5.65 Å². The number of pyridine rings is 1. The minimum atomic E-state index is -0.722. The molecular formula is C21H20N6O3. The molecule has 1 atom stereocenters. The van der Waals surface area contributed by atoms with Gasteiger partial charge >= 0.3 is 11.2 Å². The number of nitrogens with zero attached hydrogens (tertiary/aromatic N) is 5. The first-order valence-electron chi connectivity index (χ1n) is 9.41. The lowest BCUT2D eigenvalue weighted by Crippen LogP contribution is -2.22. The van der Waals surface area contributed by atoms with Crippen molar-refractivity contribution in [2.75, 3.05) is 5.32 Å². The molecular weight excluding hydrogens is 384 g/mol. The molecule has 0 saturated heterocycles. The van der Waals surface area contributed by atoms with E-state index in [1.807, 2.05) is 55.8 Å². The molecule has 0 amide bonds. The van der Waals surface area contributed by atoms with Crippen LogP contribution < -0.4 is 10.9 Å². The second-order valence-electron chi connectivity index (χ2n) is 7.10. The van der Waals surface area contributed by atoms with E-state index in [0.29, 0.717) is 5.65 Å². The molecule has 0 spiro atoms. The van der Waals surface area contributed by atoms with Crippen LogP contribution in [0.4, 0.5) is 11.5 Å². The van der Waals surface area contributed by atoms with E-state index in [9.17, 15) is 14.9 Å². The van der Waals surface area contributed by atoms with Gasteiger partial charge in [-0.3, -0.25) is 19.3 Å². The zero-order valence-corrected chi connectivity index (χ0v) is 16.7. The number of nitrogens with one attached hydrogen (secondary N) is 1. The molecule has 0 bridgehead atoms. The van der Waals surface area contributed by atoms with Crippen molar-refractivity contribution < 1.29 is 4.92 Å². The van der Waals surface area contributed by atoms with Gasteiger partial charge in [-0.1, -0.05) is 18.2 Å². The van der Waals surface area contributed by atoms with Gasteiger partial charge in [-0.25, -0.2) is 9.67 Å². The Kier molecular flexibility index (Phi) is 4.78. The van der Waals surface area contributed by atoms with Crippen LogP contribution in [-0.2, 0) is 0 Å². The van der Waals surface area contributed by atoms with Crippen LogP contribution in [0, 0.1) is 24.0 Å². The van der Waals surface area contributed by atoms with Crippen molar-refractivity contribution in [3.05, 3.63) is 92.1 Å². The van der Waals surface area contributed by atoms with Gasteiger partial charge in [0, 0.05) is 11.9 Å². The molecule has 0 aliphatic rings. The van der Waals surface area contributed by atoms with Gasteiger partial charge in [0.2, 0.25) is 5.82 Å². The summed E-state index contributed by atoms with van der Waals surface area (Å²) in [5.41, 5.74) is 2.82. The first kappa shape index (κ1) is 19.3. The molecule has 4 rings (SSSR count). The fourth-order valence-electron chi connectivity index (χ4n) is 3.43. The van der Waals surface area contributed by atoms with Crippen LogP contribution >= 0.6 is 0 Å². The fraction of sp³-hybridized carbons (Fsp3) is 0.190. The summed E-state index contributed by atoms with van der Waals surface area (Å²) in [7, 11) is 0. The van der Waals surface area contributed by atoms with Crippen LogP contribution in [0.3, 0.4) is 0 Å². The van der Waals surface area contributed by atoms with E-state index in [1.54, 1.807) is 18.2 Å². The molecule has 3 aromatic heterocycles. The van der Waals surface area contributed by atoms with Gasteiger partial charge < -0.3 is 5.32 Å². The van der Waals surface area contributed by atoms with Gasteiger partial charge in [-0.05, 0) is 56.7 Å². The lowest BCUT2D eigenvalue weighted by Gasteiger charge is -2.16. The van der Waals surface area contributed by atoms with Gasteiger partial charge in [0.15, 0.2) is 0 Å². The third kappa shape index (κ3) is 3.41. The number of fused-ring (bicyclic) bond motifs is 1. The number of aryl methyl sites for hydroxylation is 2. The first-order chi connectivity index (χ1) is 14.3. The highest BCUT2D eigenvalue weighted by Crippen LogP contribution is 2.25. The SMILES string of the molecule is Cc1cc(C)n(-c2ccc(C(C)Nc3nc4ccccn4c(=O)c3[N+](=O)[O-])cc2)n1. The van der Waals surface area contributed by atoms with E-state index in [-0.39, 0.29) is 11.9 Å². The van der Waals surface area contributed by atoms with Crippen LogP contribution in [0.15, 0.2) is 59.5 Å². The highest BCUT2D eigenvalue weighted by Gasteiger charge is 2.24. The topological polar surface area (TPSA) is 107 Å². The molecule has 3 heterocycles. The van der Waals surface area contributed by atoms with Crippen LogP contribution in [-0.4, -0.2) is 24.1 Å². The van der Waals surface area contributed by atoms with Gasteiger partial charge in [0.25, 0.3) is 0 Å². The van der Waals surface area contributed by atoms with Gasteiger partial charge in [-0.2, -0.15) is 5.10 Å². The Morgan fingerprint density at radius 2 is 1.87 bits per heavy atom. The Morgan fingerprint density at radius 3 is 2.50 bits per heavy atom. The average molecular weight is 404 g/mol. The summed E-state index contributed by atoms with van der Waals surface area (Å²) in [5.74, 6) is -0.0497. The van der Waals surface area contributed by atoms with E-state index < -0.39 is 16.2 Å². The predicted octanol–water partition coefficient (Wildman–Crippen LogP) is 3.58. The number of hydrogen-bond acceptors (Lipinski definition) is 6. The van der Waals surface area contributed by atoms with Gasteiger partial charge in [0.05, 0.1) is 22.3 Å². The lowest BCUT2D eigenvalue weighted by molar-refractivity contribution is -0.385. The Balaban J connectivity index is 1.67. The summed E-state index contributed by atoms with van der Waals surface area (Å²) in [4.78, 5) is 27.7. The number of rotatable bonds is 5. The maximum absolute atomic E-state index is 12.6. The molecule has 1 N–H and O–H groups in total. The first-order valence-corrected chi connectivity index (χ1v) is 9.41. The Labute approximate surface area is 171 Å². The van der Waals surface area contributed by atoms with E-state index in [0.717, 1.165) is 27.0 Å². The number of nitro groups is 1. The molecule has 1 aromatic carbocycles. The van der Waals surface area contributed by atoms with E-state index in [2.05, 4.69) is 15.4 Å². The second-order valence-corrected chi connectivity index (χ2v) is 7.10. The zero-order valence-electron chi connectivity index (χ0n) is 16.7. The summed E-state index contributed by atoms with van der Waals surface area (Å²) >= 11 is 0. The van der Waals surface area contributed by atoms with Crippen molar-refractivity contribution in [1.29, 1.82) is 0 Å². The van der Waals surface area contributed by atoms with Crippen molar-refractivity contribution in [2.45, 2.75) is 26.8 Å². The van der Waals surface area contributed by atoms with Gasteiger partial charge in [-0.15, -0.1) is 0 Å². The molecule has 0 aliphatic heterocycles. The number of anilines is 1. The zero-order chi connectivity index (χ0) is 21.4. The summed E-state index contributed by atoms with van der Waals surface area (Å²) < 4.78 is 3.02. The molecule has 0 aliphatic carbocycles. The highest BCUT2D eigenvalue weighted by molar-refractivity contribution is 5.60. The smallest absolute Gasteiger partial charge is 0.358 e. The Morgan fingerprint density at radius 1 is 1.13 bits per heavy atom. The fourth-order valence-corrected chi connectivity index (χ4v) is 3.43. The summed E-state index contributed by atoms with van der Waals surface area (Å²) in [5, 5.41) is 19.0. The van der Waals surface area contributed by atoms with Crippen LogP contribution in [0.5, 0.6) is 0 Å². The maximum atomic E-state index is 12.6. The standard InChI is InChI=1S/C21H20N6O3/c1-13-12-14(2)26(24-13)17-9-7-16(8-10-17)15(3)22-20-19(27(29)30)21(28)25-11-5-4-6-18(25)23-20/h4-12,15,22H,1-3H3. The quantitative estimate of drug-likeness (QED) is 0.402. The van der Waals surface area contributed by atoms with E-state index >= 15 is 0 Å². The molecule has 152 valence electrons. The average Bonchev–Trinajstić information content (AvgIpc) is 3.06. The third-order valence-electron chi connectivity index (χ3n) is 4.89. The van der Waals surface area contributed by atoms with Crippen LogP contribution in [0.2, 0.25) is 0 Å². The monoisotopic (exact) mass is 404 g/mol. The summed E-state index contributed by atoms with van der Waals surface area (Å²) in [6.07, 6.45) is 1.46. The molecule has 0 radical (unpaired) electrons. The molecule has 9 nitrogen and oxygen atoms in total. The molecule has 1 unspecified atom stereocenters. The summed E-state index contributed by atoms with van der Waals surface area (Å²) in [6.45, 7) is 5.79. The maximum Gasteiger partial charge on any atom is 0.376 e. The number of aromatic nitrogens is 4. The summed E-state index contributed by atoms with van der Waals surface area (Å²) in [6, 6.07) is 14.4. The van der Waals surface area contributed by atoms with Crippen molar-refractivity contribution in [3.63, 3.8) is 0 Å². The van der Waals surface area contributed by atoms with Crippen molar-refractivity contribution in [2.24, 2.45) is 0 Å². The highest BCUT2D eigenvalue weighted by atomic mass is 16.6. The van der Waals surface area contributed by atoms with E-state index in [1.165, 1.54) is 6.20 Å². The van der Waals surface area contributed by atoms with Crippen LogP contribution in [0.1, 0.15) is 29.9 Å². The minimum absolute atomic E-state index is 0.0497. The van der Waals surface area contributed by atoms with Crippen LogP contribution in [0.25, 0.3) is 11.3 Å². The molecule has 0 fully saturated rings. The number of hydrogen-bond donors (Lipinski definition) is 1. The molecule has 4 aromatic rings. The molecule has 0 saturated carbocycles. The number of benzene rings is 1. The second kappa shape index (κ2) is 7.43. The largest absolute Gasteiger partial charge is 0.376 e. The Hall–Kier alpha value is -4.01. The molecule has 9 heteroatoms. The minimum Gasteiger partial charge on any atom is -0.358 e. The molecule has 30 heavy (non-hydrogen) atoms. The van der Waals surface area contributed by atoms with Crippen molar-refractivity contribution in [1.82, 2.24) is 19.2 Å². The van der Waals surface area contributed by atoms with E-state index in [4.69, 9.17) is 0 Å². The lowest BCUT2D eigenvalue weighted by atomic mass is 10.1. The van der Waals surface area contributed by atoms with Crippen molar-refractivity contribution in [3.8, 4) is 5.69 Å². The van der Waals surface area contributed by atoms with Crippen molar-refractivity contribution >= 4 is 17.2 Å².